The van der Waals surface area contributed by atoms with Crippen molar-refractivity contribution in [1.82, 2.24) is 4.90 Å². The molecule has 1 unspecified atom stereocenters. The predicted octanol–water partition coefficient (Wildman–Crippen LogP) is 4.94. The molecule has 0 spiro atoms. The van der Waals surface area contributed by atoms with Crippen LogP contribution in [0.3, 0.4) is 0 Å². The van der Waals surface area contributed by atoms with Crippen LogP contribution in [0.25, 0.3) is 10.1 Å². The number of furan rings is 1. The van der Waals surface area contributed by atoms with Crippen molar-refractivity contribution in [2.24, 2.45) is 0 Å². The Kier molecular flexibility index (Phi) is 5.20. The van der Waals surface area contributed by atoms with Gasteiger partial charge in [-0.25, -0.2) is 8.42 Å². The number of nitrogens with zero attached hydrogens (tertiary/aromatic N) is 1. The van der Waals surface area contributed by atoms with Crippen molar-refractivity contribution in [2.75, 3.05) is 11.5 Å². The number of thiophene rings is 1. The maximum absolute atomic E-state index is 13.4. The molecule has 1 aromatic carbocycles. The zero-order valence-electron chi connectivity index (χ0n) is 14.9. The molecule has 1 atom stereocenters. The van der Waals surface area contributed by atoms with E-state index < -0.39 is 15.9 Å². The summed E-state index contributed by atoms with van der Waals surface area (Å²) in [6, 6.07) is 8.48. The minimum Gasteiger partial charge on any atom is -0.464 e. The fourth-order valence-electron chi connectivity index (χ4n) is 3.43. The summed E-state index contributed by atoms with van der Waals surface area (Å²) in [6.45, 7) is 2.01. The number of fused-ring (bicyclic) bond motifs is 1. The van der Waals surface area contributed by atoms with Gasteiger partial charge in [0.25, 0.3) is 5.91 Å². The number of halogens is 2. The number of benzene rings is 1. The number of amides is 1. The molecule has 0 bridgehead atoms. The van der Waals surface area contributed by atoms with Crippen molar-refractivity contribution in [1.29, 1.82) is 0 Å². The van der Waals surface area contributed by atoms with Crippen LogP contribution in [-0.4, -0.2) is 36.8 Å². The molecule has 0 N–H and O–H groups in total. The molecule has 1 saturated heterocycles. The molecule has 5 nitrogen and oxygen atoms in total. The van der Waals surface area contributed by atoms with Crippen LogP contribution in [-0.2, 0) is 16.4 Å². The second-order valence-corrected chi connectivity index (χ2v) is 11.0. The smallest absolute Gasteiger partial charge is 0.266 e. The van der Waals surface area contributed by atoms with Crippen molar-refractivity contribution < 1.29 is 17.6 Å². The first-order valence-electron chi connectivity index (χ1n) is 8.68. The fraction of sp³-hybridized carbons (Fsp3) is 0.316. The highest BCUT2D eigenvalue weighted by molar-refractivity contribution is 7.91. The van der Waals surface area contributed by atoms with Gasteiger partial charge in [-0.1, -0.05) is 29.3 Å². The lowest BCUT2D eigenvalue weighted by Crippen LogP contribution is -2.40. The van der Waals surface area contributed by atoms with E-state index in [9.17, 15) is 13.2 Å². The number of aryl methyl sites for hydroxylation is 1. The minimum absolute atomic E-state index is 0.0488. The molecule has 3 aromatic rings. The number of carbonyl (C=O) groups excluding carboxylic acids is 1. The fourth-order valence-corrected chi connectivity index (χ4v) is 6.91. The summed E-state index contributed by atoms with van der Waals surface area (Å²) in [6.07, 6.45) is 0.405. The topological polar surface area (TPSA) is 67.6 Å². The summed E-state index contributed by atoms with van der Waals surface area (Å²) in [7, 11) is -3.16. The van der Waals surface area contributed by atoms with Gasteiger partial charge in [-0.15, -0.1) is 11.3 Å². The van der Waals surface area contributed by atoms with E-state index in [-0.39, 0.29) is 24.0 Å². The lowest BCUT2D eigenvalue weighted by molar-refractivity contribution is 0.0671. The molecular formula is C19H17Cl2NO4S2. The van der Waals surface area contributed by atoms with Crippen molar-refractivity contribution >= 4 is 60.4 Å². The molecule has 0 radical (unpaired) electrons. The summed E-state index contributed by atoms with van der Waals surface area (Å²) in [5.41, 5.74) is 0. The van der Waals surface area contributed by atoms with Gasteiger partial charge in [-0.3, -0.25) is 4.79 Å². The molecule has 0 aliphatic carbocycles. The summed E-state index contributed by atoms with van der Waals surface area (Å²) in [5.74, 6) is 1.08. The molecule has 9 heteroatoms. The molecule has 0 saturated carbocycles. The number of hydrogen-bond donors (Lipinski definition) is 0. The molecule has 1 aliphatic rings. The lowest BCUT2D eigenvalue weighted by Gasteiger charge is -2.27. The quantitative estimate of drug-likeness (QED) is 0.556. The highest BCUT2D eigenvalue weighted by Crippen LogP contribution is 2.38. The van der Waals surface area contributed by atoms with Gasteiger partial charge in [0.15, 0.2) is 9.84 Å². The molecule has 1 amide bonds. The molecule has 148 valence electrons. The van der Waals surface area contributed by atoms with Gasteiger partial charge in [0.05, 0.1) is 23.1 Å². The Hall–Kier alpha value is -1.54. The zero-order chi connectivity index (χ0) is 20.1. The first kappa shape index (κ1) is 19.8. The summed E-state index contributed by atoms with van der Waals surface area (Å²) >= 11 is 13.8. The Balaban J connectivity index is 1.73. The van der Waals surface area contributed by atoms with Crippen LogP contribution < -0.4 is 0 Å². The summed E-state index contributed by atoms with van der Waals surface area (Å²) in [4.78, 5) is 15.4. The summed E-state index contributed by atoms with van der Waals surface area (Å²) in [5, 5.41) is 1.68. The molecular weight excluding hydrogens is 441 g/mol. The first-order chi connectivity index (χ1) is 13.2. The van der Waals surface area contributed by atoms with Crippen molar-refractivity contribution in [2.45, 2.75) is 25.9 Å². The van der Waals surface area contributed by atoms with Crippen LogP contribution in [0.5, 0.6) is 0 Å². The van der Waals surface area contributed by atoms with Gasteiger partial charge in [-0.2, -0.15) is 0 Å². The van der Waals surface area contributed by atoms with Crippen molar-refractivity contribution in [3.05, 3.63) is 56.8 Å². The van der Waals surface area contributed by atoms with Gasteiger partial charge < -0.3 is 9.32 Å². The SMILES string of the molecule is Cc1ccc(CN(C(=O)c2sc3cc(Cl)ccc3c2Cl)C2CCS(=O)(=O)C2)o1. The maximum atomic E-state index is 13.4. The van der Waals surface area contributed by atoms with E-state index in [0.29, 0.717) is 27.1 Å². The van der Waals surface area contributed by atoms with E-state index >= 15 is 0 Å². The molecule has 1 fully saturated rings. The molecule has 1 aliphatic heterocycles. The van der Waals surface area contributed by atoms with E-state index in [2.05, 4.69) is 0 Å². The van der Waals surface area contributed by atoms with Crippen LogP contribution in [0.15, 0.2) is 34.7 Å². The second-order valence-electron chi connectivity index (χ2n) is 6.89. The van der Waals surface area contributed by atoms with Crippen molar-refractivity contribution in [3.63, 3.8) is 0 Å². The minimum atomic E-state index is -3.16. The number of rotatable bonds is 4. The third-order valence-electron chi connectivity index (χ3n) is 4.82. The van der Waals surface area contributed by atoms with Gasteiger partial charge in [0, 0.05) is 21.2 Å². The molecule has 3 heterocycles. The Bertz CT molecular complexity index is 1170. The van der Waals surface area contributed by atoms with E-state index in [4.69, 9.17) is 27.6 Å². The van der Waals surface area contributed by atoms with E-state index in [1.807, 2.05) is 13.0 Å². The Labute approximate surface area is 176 Å². The normalized spacial score (nSPS) is 18.6. The zero-order valence-corrected chi connectivity index (χ0v) is 18.1. The second kappa shape index (κ2) is 7.37. The Morgan fingerprint density at radius 3 is 2.71 bits per heavy atom. The highest BCUT2D eigenvalue weighted by Gasteiger charge is 2.36. The number of hydrogen-bond acceptors (Lipinski definition) is 5. The van der Waals surface area contributed by atoms with Gasteiger partial charge in [0.1, 0.15) is 16.4 Å². The van der Waals surface area contributed by atoms with E-state index in [1.165, 1.54) is 11.3 Å². The van der Waals surface area contributed by atoms with Crippen molar-refractivity contribution in [3.8, 4) is 0 Å². The monoisotopic (exact) mass is 457 g/mol. The average molecular weight is 458 g/mol. The molecule has 2 aromatic heterocycles. The summed E-state index contributed by atoms with van der Waals surface area (Å²) < 4.78 is 30.5. The first-order valence-corrected chi connectivity index (χ1v) is 12.1. The third kappa shape index (κ3) is 3.81. The third-order valence-corrected chi connectivity index (χ3v) is 8.45. The molecule has 4 rings (SSSR count). The van der Waals surface area contributed by atoms with E-state index in [0.717, 1.165) is 15.8 Å². The lowest BCUT2D eigenvalue weighted by atomic mass is 10.2. The van der Waals surface area contributed by atoms with Crippen LogP contribution in [0.2, 0.25) is 10.0 Å². The Morgan fingerprint density at radius 2 is 2.07 bits per heavy atom. The highest BCUT2D eigenvalue weighted by atomic mass is 35.5. The van der Waals surface area contributed by atoms with Crippen LogP contribution in [0.1, 0.15) is 27.6 Å². The van der Waals surface area contributed by atoms with Gasteiger partial charge in [0.2, 0.25) is 0 Å². The van der Waals surface area contributed by atoms with Crippen LogP contribution >= 0.6 is 34.5 Å². The van der Waals surface area contributed by atoms with E-state index in [1.54, 1.807) is 29.2 Å². The number of carbonyl (C=O) groups is 1. The maximum Gasteiger partial charge on any atom is 0.266 e. The van der Waals surface area contributed by atoms with Crippen LogP contribution in [0, 0.1) is 6.92 Å². The predicted molar refractivity (Wildman–Crippen MR) is 112 cm³/mol. The van der Waals surface area contributed by atoms with Gasteiger partial charge in [-0.05, 0) is 37.6 Å². The number of sulfone groups is 1. The van der Waals surface area contributed by atoms with Crippen LogP contribution in [0.4, 0.5) is 0 Å². The standard InChI is InChI=1S/C19H17Cl2NO4S2/c1-11-2-4-14(26-11)9-22(13-6-7-28(24,25)10-13)19(23)18-17(21)15-5-3-12(20)8-16(15)27-18/h2-5,8,13H,6-7,9-10H2,1H3. The van der Waals surface area contributed by atoms with Gasteiger partial charge >= 0.3 is 0 Å². The largest absolute Gasteiger partial charge is 0.464 e. The Morgan fingerprint density at radius 1 is 1.29 bits per heavy atom. The average Bonchev–Trinajstić information content (AvgIpc) is 3.29. The molecule has 28 heavy (non-hydrogen) atoms.